The number of rotatable bonds is 7. The fraction of sp³-hybridized carbons (Fsp3) is 0.706. The van der Waals surface area contributed by atoms with E-state index < -0.39 is 0 Å². The van der Waals surface area contributed by atoms with Crippen LogP contribution in [0.15, 0.2) is 18.5 Å². The van der Waals surface area contributed by atoms with Crippen molar-refractivity contribution in [3.05, 3.63) is 29.8 Å². The van der Waals surface area contributed by atoms with Crippen LogP contribution in [0.25, 0.3) is 0 Å². The topological polar surface area (TPSA) is 24.9 Å². The Bertz CT molecular complexity index is 398. The molecule has 0 saturated carbocycles. The molecule has 1 rings (SSSR count). The molecule has 2 nitrogen and oxygen atoms in total. The number of halogens is 1. The molecule has 0 spiro atoms. The highest BCUT2D eigenvalue weighted by Crippen LogP contribution is 2.31. The first-order valence-corrected chi connectivity index (χ1v) is 7.66. The van der Waals surface area contributed by atoms with Gasteiger partial charge in [-0.3, -0.25) is 4.98 Å². The van der Waals surface area contributed by atoms with Gasteiger partial charge >= 0.3 is 0 Å². The van der Waals surface area contributed by atoms with Gasteiger partial charge in [-0.1, -0.05) is 34.6 Å². The van der Waals surface area contributed by atoms with E-state index in [9.17, 15) is 4.39 Å². The number of aromatic nitrogens is 1. The van der Waals surface area contributed by atoms with Crippen molar-refractivity contribution in [2.75, 3.05) is 6.54 Å². The number of hydrogen-bond donors (Lipinski definition) is 1. The van der Waals surface area contributed by atoms with Gasteiger partial charge in [0.15, 0.2) is 0 Å². The van der Waals surface area contributed by atoms with E-state index in [1.807, 2.05) is 0 Å². The molecule has 1 aromatic rings. The Morgan fingerprint density at radius 2 is 2.05 bits per heavy atom. The van der Waals surface area contributed by atoms with E-state index in [1.165, 1.54) is 6.20 Å². The van der Waals surface area contributed by atoms with Gasteiger partial charge in [0.05, 0.1) is 6.20 Å². The van der Waals surface area contributed by atoms with Gasteiger partial charge in [0, 0.05) is 17.8 Å². The predicted molar refractivity (Wildman–Crippen MR) is 83.1 cm³/mol. The van der Waals surface area contributed by atoms with Crippen LogP contribution in [0.3, 0.4) is 0 Å². The molecule has 1 N–H and O–H groups in total. The van der Waals surface area contributed by atoms with Crippen molar-refractivity contribution in [1.82, 2.24) is 10.3 Å². The highest BCUT2D eigenvalue weighted by Gasteiger charge is 2.21. The van der Waals surface area contributed by atoms with Crippen molar-refractivity contribution in [3.8, 4) is 0 Å². The molecule has 2 unspecified atom stereocenters. The fourth-order valence-corrected chi connectivity index (χ4v) is 2.84. The SMILES string of the molecule is CCCNC(CC(C)CC(C)(C)C)c1ccncc1F. The molecule has 0 aliphatic heterocycles. The normalized spacial score (nSPS) is 15.1. The Morgan fingerprint density at radius 3 is 2.60 bits per heavy atom. The number of nitrogens with zero attached hydrogens (tertiary/aromatic N) is 1. The Labute approximate surface area is 123 Å². The van der Waals surface area contributed by atoms with Crippen LogP contribution in [0.5, 0.6) is 0 Å². The molecule has 0 radical (unpaired) electrons. The zero-order valence-electron chi connectivity index (χ0n) is 13.5. The molecule has 1 heterocycles. The summed E-state index contributed by atoms with van der Waals surface area (Å²) in [6.45, 7) is 12.1. The third-order valence-electron chi connectivity index (χ3n) is 3.42. The molecule has 2 atom stereocenters. The maximum absolute atomic E-state index is 14.0. The highest BCUT2D eigenvalue weighted by atomic mass is 19.1. The van der Waals surface area contributed by atoms with E-state index in [1.54, 1.807) is 12.3 Å². The predicted octanol–water partition coefficient (Wildman–Crippen LogP) is 4.72. The van der Waals surface area contributed by atoms with Gasteiger partial charge in [0.25, 0.3) is 0 Å². The lowest BCUT2D eigenvalue weighted by molar-refractivity contribution is 0.274. The van der Waals surface area contributed by atoms with Crippen LogP contribution in [0.2, 0.25) is 0 Å². The van der Waals surface area contributed by atoms with Crippen molar-refractivity contribution in [2.24, 2.45) is 11.3 Å². The second kappa shape index (κ2) is 7.72. The quantitative estimate of drug-likeness (QED) is 0.781. The van der Waals surface area contributed by atoms with E-state index in [0.717, 1.165) is 31.4 Å². The zero-order chi connectivity index (χ0) is 15.2. The maximum Gasteiger partial charge on any atom is 0.146 e. The lowest BCUT2D eigenvalue weighted by atomic mass is 9.82. The lowest BCUT2D eigenvalue weighted by Gasteiger charge is -2.27. The molecule has 0 aliphatic rings. The van der Waals surface area contributed by atoms with E-state index in [4.69, 9.17) is 0 Å². The molecule has 1 aromatic heterocycles. The molecule has 20 heavy (non-hydrogen) atoms. The largest absolute Gasteiger partial charge is 0.310 e. The van der Waals surface area contributed by atoms with Crippen molar-refractivity contribution in [2.45, 2.75) is 59.9 Å². The lowest BCUT2D eigenvalue weighted by Crippen LogP contribution is -2.26. The van der Waals surface area contributed by atoms with Gasteiger partial charge in [-0.05, 0) is 43.2 Å². The zero-order valence-corrected chi connectivity index (χ0v) is 13.5. The standard InChI is InChI=1S/C17H29FN2/c1-6-8-20-16(10-13(2)11-17(3,4)5)14-7-9-19-12-15(14)18/h7,9,12-13,16,20H,6,8,10-11H2,1-5H3. The number of pyridine rings is 1. The average molecular weight is 280 g/mol. The first-order chi connectivity index (χ1) is 9.33. The van der Waals surface area contributed by atoms with E-state index in [0.29, 0.717) is 11.3 Å². The van der Waals surface area contributed by atoms with E-state index in [2.05, 4.69) is 44.9 Å². The Kier molecular flexibility index (Phi) is 6.60. The first-order valence-electron chi connectivity index (χ1n) is 7.66. The van der Waals surface area contributed by atoms with Crippen molar-refractivity contribution in [3.63, 3.8) is 0 Å². The molecule has 0 amide bonds. The summed E-state index contributed by atoms with van der Waals surface area (Å²) < 4.78 is 14.0. The Balaban J connectivity index is 2.77. The van der Waals surface area contributed by atoms with E-state index >= 15 is 0 Å². The molecule has 0 aliphatic carbocycles. The van der Waals surface area contributed by atoms with Crippen LogP contribution in [0.4, 0.5) is 4.39 Å². The monoisotopic (exact) mass is 280 g/mol. The average Bonchev–Trinajstić information content (AvgIpc) is 2.33. The summed E-state index contributed by atoms with van der Waals surface area (Å²) in [5.74, 6) is 0.348. The number of nitrogens with one attached hydrogen (secondary N) is 1. The second-order valence-electron chi connectivity index (χ2n) is 7.01. The van der Waals surface area contributed by atoms with Crippen molar-refractivity contribution >= 4 is 0 Å². The molecule has 0 saturated heterocycles. The van der Waals surface area contributed by atoms with Crippen LogP contribution in [0.1, 0.15) is 65.5 Å². The van der Waals surface area contributed by atoms with Gasteiger partial charge in [-0.15, -0.1) is 0 Å². The van der Waals surface area contributed by atoms with E-state index in [-0.39, 0.29) is 11.9 Å². The highest BCUT2D eigenvalue weighted by molar-refractivity contribution is 5.17. The minimum absolute atomic E-state index is 0.0790. The minimum atomic E-state index is -0.205. The van der Waals surface area contributed by atoms with Crippen LogP contribution in [0, 0.1) is 17.2 Å². The fourth-order valence-electron chi connectivity index (χ4n) is 2.84. The minimum Gasteiger partial charge on any atom is -0.310 e. The van der Waals surface area contributed by atoms with Crippen LogP contribution >= 0.6 is 0 Å². The van der Waals surface area contributed by atoms with Gasteiger partial charge < -0.3 is 5.32 Å². The van der Waals surface area contributed by atoms with Gasteiger partial charge in [0.1, 0.15) is 5.82 Å². The van der Waals surface area contributed by atoms with Gasteiger partial charge in [-0.25, -0.2) is 4.39 Å². The first kappa shape index (κ1) is 17.1. The molecule has 0 fully saturated rings. The molecule has 0 bridgehead atoms. The van der Waals surface area contributed by atoms with Crippen LogP contribution < -0.4 is 5.32 Å². The Morgan fingerprint density at radius 1 is 1.35 bits per heavy atom. The van der Waals surface area contributed by atoms with Crippen molar-refractivity contribution in [1.29, 1.82) is 0 Å². The Hall–Kier alpha value is -0.960. The molecular weight excluding hydrogens is 251 g/mol. The molecular formula is C17H29FN2. The summed E-state index contributed by atoms with van der Waals surface area (Å²) in [4.78, 5) is 3.84. The summed E-state index contributed by atoms with van der Waals surface area (Å²) in [7, 11) is 0. The maximum atomic E-state index is 14.0. The summed E-state index contributed by atoms with van der Waals surface area (Å²) >= 11 is 0. The number of hydrogen-bond acceptors (Lipinski definition) is 2. The van der Waals surface area contributed by atoms with Crippen molar-refractivity contribution < 1.29 is 4.39 Å². The third kappa shape index (κ3) is 6.00. The summed E-state index contributed by atoms with van der Waals surface area (Å²) in [5, 5.41) is 3.48. The van der Waals surface area contributed by atoms with Crippen LogP contribution in [-0.4, -0.2) is 11.5 Å². The molecule has 0 aromatic carbocycles. The molecule has 114 valence electrons. The molecule has 3 heteroatoms. The summed E-state index contributed by atoms with van der Waals surface area (Å²) in [6.07, 6.45) is 6.14. The second-order valence-corrected chi connectivity index (χ2v) is 7.01. The third-order valence-corrected chi connectivity index (χ3v) is 3.42. The summed E-state index contributed by atoms with van der Waals surface area (Å²) in [6, 6.07) is 1.88. The smallest absolute Gasteiger partial charge is 0.146 e. The summed E-state index contributed by atoms with van der Waals surface area (Å²) in [5.41, 5.74) is 1.06. The van der Waals surface area contributed by atoms with Gasteiger partial charge in [-0.2, -0.15) is 0 Å². The van der Waals surface area contributed by atoms with Gasteiger partial charge in [0.2, 0.25) is 0 Å². The van der Waals surface area contributed by atoms with Crippen LogP contribution in [-0.2, 0) is 0 Å².